The van der Waals surface area contributed by atoms with Crippen LogP contribution in [0.5, 0.6) is 0 Å². The van der Waals surface area contributed by atoms with Gasteiger partial charge in [-0.05, 0) is 47.8 Å². The quantitative estimate of drug-likeness (QED) is 0.876. The standard InChI is InChI=1S/C12H11ClFNS/c1-15-6-8-2-12(16-7-8)9-3-10(13)5-11(14)4-9/h2-5,7,15H,6H2,1H3. The van der Waals surface area contributed by atoms with Crippen LogP contribution in [0.15, 0.2) is 29.6 Å². The van der Waals surface area contributed by atoms with Crippen molar-refractivity contribution in [2.24, 2.45) is 0 Å². The highest BCUT2D eigenvalue weighted by Gasteiger charge is 2.05. The lowest BCUT2D eigenvalue weighted by Gasteiger charge is -1.99. The van der Waals surface area contributed by atoms with E-state index in [1.165, 1.54) is 17.7 Å². The van der Waals surface area contributed by atoms with E-state index in [1.54, 1.807) is 17.4 Å². The molecule has 0 aliphatic rings. The molecule has 16 heavy (non-hydrogen) atoms. The van der Waals surface area contributed by atoms with Gasteiger partial charge in [-0.3, -0.25) is 0 Å². The molecule has 1 aromatic carbocycles. The Bertz CT molecular complexity index is 475. The maximum atomic E-state index is 13.2. The van der Waals surface area contributed by atoms with Crippen LogP contribution in [0.25, 0.3) is 10.4 Å². The molecule has 0 unspecified atom stereocenters. The molecule has 1 N–H and O–H groups in total. The van der Waals surface area contributed by atoms with Crippen molar-refractivity contribution in [3.63, 3.8) is 0 Å². The van der Waals surface area contributed by atoms with Gasteiger partial charge in [-0.25, -0.2) is 4.39 Å². The van der Waals surface area contributed by atoms with E-state index in [1.807, 2.05) is 13.1 Å². The third-order valence-electron chi connectivity index (χ3n) is 2.18. The fourth-order valence-electron chi connectivity index (χ4n) is 1.52. The van der Waals surface area contributed by atoms with Crippen LogP contribution in [0.1, 0.15) is 5.56 Å². The number of nitrogens with one attached hydrogen (secondary N) is 1. The van der Waals surface area contributed by atoms with E-state index in [-0.39, 0.29) is 5.82 Å². The molecule has 1 heterocycles. The minimum atomic E-state index is -0.300. The van der Waals surface area contributed by atoms with Gasteiger partial charge in [-0.1, -0.05) is 11.6 Å². The van der Waals surface area contributed by atoms with E-state index in [0.717, 1.165) is 17.0 Å². The van der Waals surface area contributed by atoms with Gasteiger partial charge < -0.3 is 5.32 Å². The Morgan fingerprint density at radius 3 is 2.81 bits per heavy atom. The zero-order valence-electron chi connectivity index (χ0n) is 8.76. The molecule has 0 amide bonds. The molecule has 84 valence electrons. The van der Waals surface area contributed by atoms with Gasteiger partial charge in [-0.15, -0.1) is 11.3 Å². The molecular formula is C12H11ClFNS. The highest BCUT2D eigenvalue weighted by atomic mass is 35.5. The van der Waals surface area contributed by atoms with Crippen LogP contribution in [-0.4, -0.2) is 7.05 Å². The summed E-state index contributed by atoms with van der Waals surface area (Å²) < 4.78 is 13.2. The van der Waals surface area contributed by atoms with Gasteiger partial charge in [0.25, 0.3) is 0 Å². The minimum absolute atomic E-state index is 0.300. The Hall–Kier alpha value is -0.900. The fraction of sp³-hybridized carbons (Fsp3) is 0.167. The lowest BCUT2D eigenvalue weighted by atomic mass is 10.1. The van der Waals surface area contributed by atoms with Gasteiger partial charge >= 0.3 is 0 Å². The second-order valence-electron chi connectivity index (χ2n) is 3.51. The van der Waals surface area contributed by atoms with Crippen LogP contribution in [0, 0.1) is 5.82 Å². The molecule has 1 nitrogen and oxygen atoms in total. The normalized spacial score (nSPS) is 10.7. The largest absolute Gasteiger partial charge is 0.316 e. The average molecular weight is 256 g/mol. The van der Waals surface area contributed by atoms with Crippen LogP contribution in [-0.2, 0) is 6.54 Å². The second kappa shape index (κ2) is 4.95. The Labute approximate surface area is 103 Å². The first kappa shape index (κ1) is 11.6. The number of thiophene rings is 1. The van der Waals surface area contributed by atoms with Gasteiger partial charge in [0, 0.05) is 16.4 Å². The monoisotopic (exact) mass is 255 g/mol. The molecule has 0 bridgehead atoms. The van der Waals surface area contributed by atoms with Crippen LogP contribution in [0.2, 0.25) is 5.02 Å². The van der Waals surface area contributed by atoms with Gasteiger partial charge in [0.2, 0.25) is 0 Å². The van der Waals surface area contributed by atoms with E-state index in [0.29, 0.717) is 5.02 Å². The molecule has 2 aromatic rings. The lowest BCUT2D eigenvalue weighted by Crippen LogP contribution is -2.03. The number of hydrogen-bond donors (Lipinski definition) is 1. The van der Waals surface area contributed by atoms with E-state index < -0.39 is 0 Å². The topological polar surface area (TPSA) is 12.0 Å². The summed E-state index contributed by atoms with van der Waals surface area (Å²) in [5.41, 5.74) is 2.03. The Morgan fingerprint density at radius 1 is 1.31 bits per heavy atom. The number of halogens is 2. The van der Waals surface area contributed by atoms with Crippen molar-refractivity contribution in [3.8, 4) is 10.4 Å². The van der Waals surface area contributed by atoms with Crippen LogP contribution in [0.3, 0.4) is 0 Å². The highest BCUT2D eigenvalue weighted by Crippen LogP contribution is 2.29. The van der Waals surface area contributed by atoms with Crippen molar-refractivity contribution >= 4 is 22.9 Å². The summed E-state index contributed by atoms with van der Waals surface area (Å²) in [6.07, 6.45) is 0. The molecular weight excluding hydrogens is 245 g/mol. The summed E-state index contributed by atoms with van der Waals surface area (Å²) in [6, 6.07) is 6.64. The van der Waals surface area contributed by atoms with Crippen LogP contribution in [0.4, 0.5) is 4.39 Å². The predicted molar refractivity (Wildman–Crippen MR) is 67.5 cm³/mol. The molecule has 0 spiro atoms. The first-order valence-corrected chi connectivity index (χ1v) is 6.13. The number of hydrogen-bond acceptors (Lipinski definition) is 2. The second-order valence-corrected chi connectivity index (χ2v) is 4.86. The first-order chi connectivity index (χ1) is 7.69. The van der Waals surface area contributed by atoms with Gasteiger partial charge in [0.05, 0.1) is 0 Å². The van der Waals surface area contributed by atoms with Crippen molar-refractivity contribution < 1.29 is 4.39 Å². The molecule has 0 aliphatic carbocycles. The summed E-state index contributed by atoms with van der Waals surface area (Å²) >= 11 is 7.41. The van der Waals surface area contributed by atoms with Gasteiger partial charge in [0.1, 0.15) is 5.82 Å². The van der Waals surface area contributed by atoms with Gasteiger partial charge in [-0.2, -0.15) is 0 Å². The van der Waals surface area contributed by atoms with Gasteiger partial charge in [0.15, 0.2) is 0 Å². The van der Waals surface area contributed by atoms with Crippen LogP contribution >= 0.6 is 22.9 Å². The molecule has 0 saturated carbocycles. The van der Waals surface area contributed by atoms with E-state index in [9.17, 15) is 4.39 Å². The zero-order chi connectivity index (χ0) is 11.5. The Kier molecular flexibility index (Phi) is 3.59. The van der Waals surface area contributed by atoms with E-state index in [4.69, 9.17) is 11.6 Å². The third kappa shape index (κ3) is 2.61. The van der Waals surface area contributed by atoms with Crippen molar-refractivity contribution in [1.29, 1.82) is 0 Å². The molecule has 0 fully saturated rings. The minimum Gasteiger partial charge on any atom is -0.316 e. The molecule has 0 aliphatic heterocycles. The summed E-state index contributed by atoms with van der Waals surface area (Å²) in [4.78, 5) is 1.03. The summed E-state index contributed by atoms with van der Waals surface area (Å²) in [7, 11) is 1.90. The van der Waals surface area contributed by atoms with E-state index in [2.05, 4.69) is 10.7 Å². The number of benzene rings is 1. The molecule has 2 rings (SSSR count). The van der Waals surface area contributed by atoms with Crippen LogP contribution < -0.4 is 5.32 Å². The Morgan fingerprint density at radius 2 is 2.12 bits per heavy atom. The third-order valence-corrected chi connectivity index (χ3v) is 3.43. The highest BCUT2D eigenvalue weighted by molar-refractivity contribution is 7.13. The SMILES string of the molecule is CNCc1csc(-c2cc(F)cc(Cl)c2)c1. The molecule has 0 radical (unpaired) electrons. The van der Waals surface area contributed by atoms with Crippen molar-refractivity contribution in [2.45, 2.75) is 6.54 Å². The average Bonchev–Trinajstić information content (AvgIpc) is 2.65. The van der Waals surface area contributed by atoms with Crippen molar-refractivity contribution in [2.75, 3.05) is 7.05 Å². The smallest absolute Gasteiger partial charge is 0.125 e. The summed E-state index contributed by atoms with van der Waals surface area (Å²) in [5.74, 6) is -0.300. The molecule has 4 heteroatoms. The summed E-state index contributed by atoms with van der Waals surface area (Å²) in [5, 5.41) is 5.57. The molecule has 0 saturated heterocycles. The number of rotatable bonds is 3. The maximum absolute atomic E-state index is 13.2. The van der Waals surface area contributed by atoms with Crippen molar-refractivity contribution in [3.05, 3.63) is 46.0 Å². The summed E-state index contributed by atoms with van der Waals surface area (Å²) in [6.45, 7) is 0.819. The molecule has 1 aromatic heterocycles. The first-order valence-electron chi connectivity index (χ1n) is 4.87. The maximum Gasteiger partial charge on any atom is 0.125 e. The van der Waals surface area contributed by atoms with E-state index >= 15 is 0 Å². The van der Waals surface area contributed by atoms with Crippen molar-refractivity contribution in [1.82, 2.24) is 5.32 Å². The predicted octanol–water partition coefficient (Wildman–Crippen LogP) is 3.93. The lowest BCUT2D eigenvalue weighted by molar-refractivity contribution is 0.628. The Balaban J connectivity index is 2.34. The zero-order valence-corrected chi connectivity index (χ0v) is 10.3. The molecule has 0 atom stereocenters. The fourth-order valence-corrected chi connectivity index (χ4v) is 2.64.